The Bertz CT molecular complexity index is 1120. The minimum absolute atomic E-state index is 0.0198. The molecule has 1 heterocycles. The molecule has 2 amide bonds. The molecule has 0 bridgehead atoms. The topological polar surface area (TPSA) is 52.7 Å². The van der Waals surface area contributed by atoms with Crippen molar-refractivity contribution in [2.24, 2.45) is 0 Å². The third-order valence-electron chi connectivity index (χ3n) is 6.09. The zero-order valence-corrected chi connectivity index (χ0v) is 18.8. The number of nitrogens with one attached hydrogen (secondary N) is 1. The highest BCUT2D eigenvalue weighted by atomic mass is 16.2. The van der Waals surface area contributed by atoms with E-state index < -0.39 is 0 Å². The average molecular weight is 428 g/mol. The number of aryl methyl sites for hydroxylation is 1. The highest BCUT2D eigenvalue weighted by molar-refractivity contribution is 6.08. The van der Waals surface area contributed by atoms with Crippen LogP contribution >= 0.6 is 0 Å². The summed E-state index contributed by atoms with van der Waals surface area (Å²) in [5.74, 6) is -0.174. The van der Waals surface area contributed by atoms with E-state index in [4.69, 9.17) is 0 Å². The van der Waals surface area contributed by atoms with Gasteiger partial charge in [-0.1, -0.05) is 36.4 Å². The summed E-state index contributed by atoms with van der Waals surface area (Å²) in [7, 11) is 4.17. The van der Waals surface area contributed by atoms with Gasteiger partial charge in [-0.25, -0.2) is 0 Å². The van der Waals surface area contributed by atoms with E-state index in [1.807, 2.05) is 48.2 Å². The lowest BCUT2D eigenvalue weighted by Gasteiger charge is -2.27. The summed E-state index contributed by atoms with van der Waals surface area (Å²) in [6, 6.07) is 23.1. The Morgan fingerprint density at radius 2 is 1.62 bits per heavy atom. The molecule has 4 rings (SSSR count). The number of rotatable bonds is 4. The molecule has 164 valence electrons. The van der Waals surface area contributed by atoms with E-state index in [9.17, 15) is 9.59 Å². The molecule has 1 N–H and O–H groups in total. The normalized spacial score (nSPS) is 15.8. The fourth-order valence-electron chi connectivity index (χ4n) is 4.36. The van der Waals surface area contributed by atoms with Crippen LogP contribution in [0.2, 0.25) is 0 Å². The van der Waals surface area contributed by atoms with Crippen LogP contribution in [0, 0.1) is 6.92 Å². The van der Waals surface area contributed by atoms with Gasteiger partial charge in [0, 0.05) is 35.1 Å². The van der Waals surface area contributed by atoms with Crippen LogP contribution in [0.4, 0.5) is 11.4 Å². The second-order valence-corrected chi connectivity index (χ2v) is 8.48. The van der Waals surface area contributed by atoms with Crippen molar-refractivity contribution in [2.75, 3.05) is 30.9 Å². The molecule has 1 atom stereocenters. The van der Waals surface area contributed by atoms with Crippen LogP contribution in [0.1, 0.15) is 50.7 Å². The number of para-hydroxylation sites is 1. The number of nitrogens with zero attached hydrogens (tertiary/aromatic N) is 2. The monoisotopic (exact) mass is 427 g/mol. The Balaban J connectivity index is 1.54. The predicted molar refractivity (Wildman–Crippen MR) is 129 cm³/mol. The van der Waals surface area contributed by atoms with Gasteiger partial charge in [-0.2, -0.15) is 0 Å². The summed E-state index contributed by atoms with van der Waals surface area (Å²) in [6.07, 6.45) is 1.95. The van der Waals surface area contributed by atoms with Gasteiger partial charge < -0.3 is 15.1 Å². The Labute approximate surface area is 189 Å². The summed E-state index contributed by atoms with van der Waals surface area (Å²) in [5, 5.41) is 2.92. The number of benzene rings is 3. The number of anilines is 2. The predicted octanol–water partition coefficient (Wildman–Crippen LogP) is 5.29. The molecule has 3 aromatic rings. The molecular formula is C27H29N3O2. The third-order valence-corrected chi connectivity index (χ3v) is 6.09. The first-order chi connectivity index (χ1) is 15.5. The van der Waals surface area contributed by atoms with Gasteiger partial charge in [0.2, 0.25) is 0 Å². The highest BCUT2D eigenvalue weighted by Gasteiger charge is 2.27. The lowest BCUT2D eigenvalue weighted by atomic mass is 10.0. The molecule has 0 spiro atoms. The molecule has 32 heavy (non-hydrogen) atoms. The van der Waals surface area contributed by atoms with Crippen LogP contribution < -0.4 is 10.2 Å². The van der Waals surface area contributed by atoms with Crippen LogP contribution in [0.25, 0.3) is 0 Å². The minimum atomic E-state index is -0.154. The smallest absolute Gasteiger partial charge is 0.258 e. The Hall–Kier alpha value is -3.44. The van der Waals surface area contributed by atoms with Crippen molar-refractivity contribution in [1.82, 2.24) is 4.90 Å². The van der Waals surface area contributed by atoms with E-state index in [1.165, 1.54) is 5.56 Å². The number of carbonyl (C=O) groups excluding carboxylic acids is 2. The lowest BCUT2D eigenvalue weighted by Crippen LogP contribution is -2.31. The van der Waals surface area contributed by atoms with Gasteiger partial charge in [0.05, 0.1) is 0 Å². The molecule has 0 aromatic heterocycles. The van der Waals surface area contributed by atoms with Gasteiger partial charge >= 0.3 is 0 Å². The van der Waals surface area contributed by atoms with E-state index in [1.54, 1.807) is 30.3 Å². The second kappa shape index (κ2) is 9.37. The first kappa shape index (κ1) is 21.8. The molecule has 0 unspecified atom stereocenters. The Morgan fingerprint density at radius 3 is 2.34 bits per heavy atom. The summed E-state index contributed by atoms with van der Waals surface area (Å²) >= 11 is 0. The van der Waals surface area contributed by atoms with E-state index >= 15 is 0 Å². The molecule has 0 fully saturated rings. The van der Waals surface area contributed by atoms with Crippen LogP contribution in [0.5, 0.6) is 0 Å². The molecule has 0 saturated carbocycles. The molecule has 0 radical (unpaired) electrons. The molecule has 0 saturated heterocycles. The minimum Gasteiger partial charge on any atom is -0.322 e. The number of fused-ring (bicyclic) bond motifs is 1. The van der Waals surface area contributed by atoms with Crippen molar-refractivity contribution in [3.05, 3.63) is 95.1 Å². The number of hydrogen-bond donors (Lipinski definition) is 1. The van der Waals surface area contributed by atoms with Crippen molar-refractivity contribution in [1.29, 1.82) is 0 Å². The van der Waals surface area contributed by atoms with Crippen molar-refractivity contribution < 1.29 is 9.59 Å². The zero-order valence-electron chi connectivity index (χ0n) is 18.8. The maximum Gasteiger partial charge on any atom is 0.258 e. The van der Waals surface area contributed by atoms with Gasteiger partial charge in [-0.15, -0.1) is 0 Å². The molecule has 3 aromatic carbocycles. The highest BCUT2D eigenvalue weighted by Crippen LogP contribution is 2.36. The van der Waals surface area contributed by atoms with Crippen LogP contribution in [0.3, 0.4) is 0 Å². The summed E-state index contributed by atoms with van der Waals surface area (Å²) in [5.41, 5.74) is 5.00. The molecule has 5 heteroatoms. The van der Waals surface area contributed by atoms with Crippen LogP contribution in [-0.4, -0.2) is 37.4 Å². The fourth-order valence-corrected chi connectivity index (χ4v) is 4.36. The van der Waals surface area contributed by atoms with Crippen LogP contribution in [0.15, 0.2) is 72.8 Å². The van der Waals surface area contributed by atoms with Gasteiger partial charge in [0.15, 0.2) is 0 Å². The molecule has 1 aliphatic rings. The maximum absolute atomic E-state index is 13.4. The largest absolute Gasteiger partial charge is 0.322 e. The summed E-state index contributed by atoms with van der Waals surface area (Å²) in [4.78, 5) is 30.1. The zero-order chi connectivity index (χ0) is 22.7. The molecular weight excluding hydrogens is 398 g/mol. The van der Waals surface area contributed by atoms with Crippen molar-refractivity contribution >= 4 is 23.2 Å². The van der Waals surface area contributed by atoms with Crippen molar-refractivity contribution in [3.63, 3.8) is 0 Å². The van der Waals surface area contributed by atoms with E-state index in [-0.39, 0.29) is 11.8 Å². The van der Waals surface area contributed by atoms with Gasteiger partial charge in [0.25, 0.3) is 11.8 Å². The quantitative estimate of drug-likeness (QED) is 0.615. The maximum atomic E-state index is 13.4. The molecule has 5 nitrogen and oxygen atoms in total. The first-order valence-electron chi connectivity index (χ1n) is 11.0. The molecule has 1 aliphatic heterocycles. The first-order valence-corrected chi connectivity index (χ1v) is 11.0. The van der Waals surface area contributed by atoms with Gasteiger partial charge in [0.1, 0.15) is 0 Å². The Kier molecular flexibility index (Phi) is 6.37. The standard InChI is InChI=1S/C27H29N3O2/c1-19-9-4-5-10-22(19)26(31)28-21-16-14-20(15-17-21)27(32)30-18-8-13-24(29(2)3)23-11-6-7-12-25(23)30/h4-7,9-12,14-17,24H,8,13,18H2,1-3H3,(H,28,31)/t24-/m1/s1. The van der Waals surface area contributed by atoms with E-state index in [0.717, 1.165) is 24.1 Å². The summed E-state index contributed by atoms with van der Waals surface area (Å²) < 4.78 is 0. The fraction of sp³-hybridized carbons (Fsp3) is 0.259. The lowest BCUT2D eigenvalue weighted by molar-refractivity contribution is 0.0985. The number of amides is 2. The van der Waals surface area contributed by atoms with Gasteiger partial charge in [-0.05, 0) is 81.4 Å². The SMILES string of the molecule is Cc1ccccc1C(=O)Nc1ccc(C(=O)N2CCC[C@@H](N(C)C)c3ccccc32)cc1. The van der Waals surface area contributed by atoms with Crippen LogP contribution in [-0.2, 0) is 0 Å². The second-order valence-electron chi connectivity index (χ2n) is 8.48. The van der Waals surface area contributed by atoms with Gasteiger partial charge in [-0.3, -0.25) is 9.59 Å². The Morgan fingerprint density at radius 1 is 0.938 bits per heavy atom. The van der Waals surface area contributed by atoms with Crippen molar-refractivity contribution in [2.45, 2.75) is 25.8 Å². The summed E-state index contributed by atoms with van der Waals surface area (Å²) in [6.45, 7) is 2.60. The molecule has 0 aliphatic carbocycles. The third kappa shape index (κ3) is 4.43. The van der Waals surface area contributed by atoms with E-state index in [0.29, 0.717) is 29.4 Å². The number of hydrogen-bond acceptors (Lipinski definition) is 3. The number of carbonyl (C=O) groups is 2. The van der Waals surface area contributed by atoms with E-state index in [2.05, 4.69) is 30.4 Å². The van der Waals surface area contributed by atoms with Crippen molar-refractivity contribution in [3.8, 4) is 0 Å². The average Bonchev–Trinajstić information content (AvgIpc) is 2.99.